The molecule has 1 aliphatic rings. The molecule has 26 heavy (non-hydrogen) atoms. The Morgan fingerprint density at radius 2 is 1.81 bits per heavy atom. The number of thiophene rings is 1. The van der Waals surface area contributed by atoms with E-state index in [1.165, 1.54) is 0 Å². The van der Waals surface area contributed by atoms with Crippen LogP contribution in [0.4, 0.5) is 10.5 Å². The molecule has 134 valence electrons. The monoisotopic (exact) mass is 368 g/mol. The molecule has 2 heterocycles. The van der Waals surface area contributed by atoms with E-state index in [0.717, 1.165) is 34.4 Å². The Morgan fingerprint density at radius 1 is 1.04 bits per heavy atom. The molecule has 1 saturated heterocycles. The van der Waals surface area contributed by atoms with Gasteiger partial charge in [0.25, 0.3) is 0 Å². The van der Waals surface area contributed by atoms with Gasteiger partial charge in [0.1, 0.15) is 12.4 Å². The van der Waals surface area contributed by atoms with Gasteiger partial charge in [0.2, 0.25) is 0 Å². The van der Waals surface area contributed by atoms with Gasteiger partial charge in [-0.15, -0.1) is 11.3 Å². The second kappa shape index (κ2) is 7.25. The number of phenols is 1. The third kappa shape index (κ3) is 3.32. The Balaban J connectivity index is 1.37. The largest absolute Gasteiger partial charge is 0.506 e. The van der Waals surface area contributed by atoms with Crippen LogP contribution in [0, 0.1) is 0 Å². The summed E-state index contributed by atoms with van der Waals surface area (Å²) in [4.78, 5) is 16.3. The van der Waals surface area contributed by atoms with Crippen LogP contribution in [-0.2, 0) is 11.3 Å². The van der Waals surface area contributed by atoms with E-state index in [0.29, 0.717) is 25.4 Å². The van der Waals surface area contributed by atoms with Crippen LogP contribution in [0.5, 0.6) is 5.75 Å². The number of phenolic OH excluding ortho intramolecular Hbond substituents is 1. The smallest absolute Gasteiger partial charge is 0.410 e. The molecule has 0 unspecified atom stereocenters. The van der Waals surface area contributed by atoms with Crippen molar-refractivity contribution in [2.45, 2.75) is 6.61 Å². The summed E-state index contributed by atoms with van der Waals surface area (Å²) < 4.78 is 6.33. The van der Waals surface area contributed by atoms with Gasteiger partial charge in [0.15, 0.2) is 0 Å². The highest BCUT2D eigenvalue weighted by Crippen LogP contribution is 2.37. The average molecular weight is 368 g/mol. The molecule has 4 rings (SSSR count). The van der Waals surface area contributed by atoms with Crippen molar-refractivity contribution in [1.82, 2.24) is 4.90 Å². The zero-order chi connectivity index (χ0) is 17.9. The first-order valence-electron chi connectivity index (χ1n) is 8.62. The summed E-state index contributed by atoms with van der Waals surface area (Å²) in [5.74, 6) is 0.321. The number of nitrogens with zero attached hydrogens (tertiary/aromatic N) is 2. The molecule has 1 aliphatic heterocycles. The Kier molecular flexibility index (Phi) is 4.67. The number of hydrogen-bond acceptors (Lipinski definition) is 5. The van der Waals surface area contributed by atoms with Gasteiger partial charge in [-0.05, 0) is 29.1 Å². The molecule has 0 spiro atoms. The number of hydrogen-bond donors (Lipinski definition) is 1. The van der Waals surface area contributed by atoms with E-state index in [1.54, 1.807) is 22.3 Å². The summed E-state index contributed by atoms with van der Waals surface area (Å²) in [7, 11) is 0. The molecule has 0 aliphatic carbocycles. The lowest BCUT2D eigenvalue weighted by Crippen LogP contribution is -2.49. The fourth-order valence-corrected chi connectivity index (χ4v) is 4.08. The van der Waals surface area contributed by atoms with Gasteiger partial charge in [-0.2, -0.15) is 0 Å². The summed E-state index contributed by atoms with van der Waals surface area (Å²) in [5.41, 5.74) is 2.10. The van der Waals surface area contributed by atoms with Gasteiger partial charge >= 0.3 is 6.09 Å². The van der Waals surface area contributed by atoms with E-state index < -0.39 is 0 Å². The van der Waals surface area contributed by atoms with Crippen molar-refractivity contribution in [3.63, 3.8) is 0 Å². The molecule has 5 nitrogen and oxygen atoms in total. The van der Waals surface area contributed by atoms with Gasteiger partial charge in [0, 0.05) is 37.3 Å². The number of anilines is 1. The van der Waals surface area contributed by atoms with Crippen molar-refractivity contribution in [1.29, 1.82) is 0 Å². The van der Waals surface area contributed by atoms with Gasteiger partial charge in [-0.25, -0.2) is 4.79 Å². The summed E-state index contributed by atoms with van der Waals surface area (Å²) >= 11 is 1.54. The van der Waals surface area contributed by atoms with Crippen LogP contribution in [0.25, 0.3) is 10.1 Å². The number of carbonyl (C=O) groups excluding carboxylic acids is 1. The molecular formula is C20H20N2O3S. The topological polar surface area (TPSA) is 53.0 Å². The third-order valence-corrected chi connectivity index (χ3v) is 5.59. The Bertz CT molecular complexity index is 902. The highest BCUT2D eigenvalue weighted by atomic mass is 32.1. The summed E-state index contributed by atoms with van der Waals surface area (Å²) in [6, 6.07) is 15.4. The van der Waals surface area contributed by atoms with E-state index in [1.807, 2.05) is 47.8 Å². The molecule has 1 N–H and O–H groups in total. The minimum Gasteiger partial charge on any atom is -0.506 e. The first-order chi connectivity index (χ1) is 12.7. The van der Waals surface area contributed by atoms with E-state index in [9.17, 15) is 9.90 Å². The molecule has 0 radical (unpaired) electrons. The molecule has 1 amide bonds. The summed E-state index contributed by atoms with van der Waals surface area (Å²) in [5, 5.41) is 13.0. The first-order valence-corrected chi connectivity index (χ1v) is 9.50. The molecule has 3 aromatic rings. The van der Waals surface area contributed by atoms with Crippen LogP contribution in [0.2, 0.25) is 0 Å². The van der Waals surface area contributed by atoms with Crippen molar-refractivity contribution in [3.05, 3.63) is 59.5 Å². The molecule has 2 aromatic carbocycles. The normalized spacial score (nSPS) is 14.6. The average Bonchev–Trinajstić information content (AvgIpc) is 3.18. The second-order valence-corrected chi connectivity index (χ2v) is 7.20. The number of amides is 1. The summed E-state index contributed by atoms with van der Waals surface area (Å²) in [6.07, 6.45) is -0.264. The van der Waals surface area contributed by atoms with Crippen molar-refractivity contribution >= 4 is 33.2 Å². The van der Waals surface area contributed by atoms with Crippen LogP contribution in [0.15, 0.2) is 53.9 Å². The van der Waals surface area contributed by atoms with Crippen LogP contribution in [0.3, 0.4) is 0 Å². The zero-order valence-corrected chi connectivity index (χ0v) is 15.1. The van der Waals surface area contributed by atoms with Gasteiger partial charge < -0.3 is 19.6 Å². The number of piperazine rings is 1. The lowest BCUT2D eigenvalue weighted by atomic mass is 10.1. The number of carbonyl (C=O) groups is 1. The number of rotatable bonds is 3. The van der Waals surface area contributed by atoms with Crippen LogP contribution in [0.1, 0.15) is 5.56 Å². The minimum absolute atomic E-state index is 0.264. The van der Waals surface area contributed by atoms with Crippen LogP contribution < -0.4 is 4.90 Å². The van der Waals surface area contributed by atoms with E-state index in [2.05, 4.69) is 4.90 Å². The maximum atomic E-state index is 12.3. The predicted molar refractivity (Wildman–Crippen MR) is 104 cm³/mol. The van der Waals surface area contributed by atoms with Crippen LogP contribution >= 0.6 is 11.3 Å². The lowest BCUT2D eigenvalue weighted by molar-refractivity contribution is 0.0942. The number of fused-ring (bicyclic) bond motifs is 1. The Hall–Kier alpha value is -2.73. The first kappa shape index (κ1) is 16.7. The third-order valence-electron chi connectivity index (χ3n) is 4.66. The number of ether oxygens (including phenoxy) is 1. The number of benzene rings is 2. The SMILES string of the molecule is O=C(OCc1ccccc1)N1CCN(c2ccc(O)c3sccc23)CC1. The maximum Gasteiger partial charge on any atom is 0.410 e. The van der Waals surface area contributed by atoms with Crippen molar-refractivity contribution in [3.8, 4) is 5.75 Å². The van der Waals surface area contributed by atoms with E-state index in [4.69, 9.17) is 4.74 Å². The fourth-order valence-electron chi connectivity index (χ4n) is 3.25. The molecule has 0 saturated carbocycles. The zero-order valence-electron chi connectivity index (χ0n) is 14.3. The fraction of sp³-hybridized carbons (Fsp3) is 0.250. The molecule has 1 fully saturated rings. The summed E-state index contributed by atoms with van der Waals surface area (Å²) in [6.45, 7) is 3.04. The van der Waals surface area contributed by atoms with Gasteiger partial charge in [0.05, 0.1) is 4.70 Å². The molecular weight excluding hydrogens is 348 g/mol. The maximum absolute atomic E-state index is 12.3. The van der Waals surface area contributed by atoms with Gasteiger partial charge in [-0.3, -0.25) is 0 Å². The van der Waals surface area contributed by atoms with E-state index >= 15 is 0 Å². The predicted octanol–water partition coefficient (Wildman–Crippen LogP) is 4.07. The van der Waals surface area contributed by atoms with Crippen molar-refractivity contribution < 1.29 is 14.6 Å². The van der Waals surface area contributed by atoms with E-state index in [-0.39, 0.29) is 6.09 Å². The number of aromatic hydroxyl groups is 1. The minimum atomic E-state index is -0.264. The van der Waals surface area contributed by atoms with Crippen molar-refractivity contribution in [2.75, 3.05) is 31.1 Å². The Morgan fingerprint density at radius 3 is 2.58 bits per heavy atom. The quantitative estimate of drug-likeness (QED) is 0.757. The Labute approximate surface area is 156 Å². The highest BCUT2D eigenvalue weighted by Gasteiger charge is 2.23. The highest BCUT2D eigenvalue weighted by molar-refractivity contribution is 7.17. The van der Waals surface area contributed by atoms with Gasteiger partial charge in [-0.1, -0.05) is 30.3 Å². The molecule has 1 aromatic heterocycles. The van der Waals surface area contributed by atoms with Crippen molar-refractivity contribution in [2.24, 2.45) is 0 Å². The van der Waals surface area contributed by atoms with Crippen LogP contribution in [-0.4, -0.2) is 42.3 Å². The molecule has 0 atom stereocenters. The molecule has 0 bridgehead atoms. The second-order valence-electron chi connectivity index (χ2n) is 6.28. The lowest BCUT2D eigenvalue weighted by Gasteiger charge is -2.35. The standard InChI is InChI=1S/C20H20N2O3S/c23-18-7-6-17(16-8-13-26-19(16)18)21-9-11-22(12-10-21)20(24)25-14-15-4-2-1-3-5-15/h1-8,13,23H,9-12,14H2. The molecule has 6 heteroatoms.